The van der Waals surface area contributed by atoms with Gasteiger partial charge in [-0.05, 0) is 37.1 Å². The molecule has 2 amide bonds. The normalized spacial score (nSPS) is 14.6. The first-order chi connectivity index (χ1) is 13.5. The van der Waals surface area contributed by atoms with Gasteiger partial charge in [-0.15, -0.1) is 0 Å². The van der Waals surface area contributed by atoms with Crippen molar-refractivity contribution in [1.29, 1.82) is 0 Å². The van der Waals surface area contributed by atoms with Crippen molar-refractivity contribution in [3.63, 3.8) is 0 Å². The maximum Gasteiger partial charge on any atom is 0.338 e. The molecule has 2 aromatic rings. The van der Waals surface area contributed by atoms with Crippen LogP contribution in [-0.2, 0) is 20.9 Å². The van der Waals surface area contributed by atoms with E-state index in [1.54, 1.807) is 43.1 Å². The molecule has 0 saturated carbocycles. The maximum atomic E-state index is 12.5. The molecule has 1 atom stereocenters. The molecule has 3 rings (SSSR count). The third-order valence-electron chi connectivity index (χ3n) is 4.74. The highest BCUT2D eigenvalue weighted by atomic mass is 16.5. The molecule has 0 aliphatic carbocycles. The van der Waals surface area contributed by atoms with Gasteiger partial charge in [0.1, 0.15) is 0 Å². The predicted molar refractivity (Wildman–Crippen MR) is 106 cm³/mol. The molecule has 0 spiro atoms. The second-order valence-electron chi connectivity index (χ2n) is 6.93. The van der Waals surface area contributed by atoms with Crippen molar-refractivity contribution in [2.75, 3.05) is 18.5 Å². The van der Waals surface area contributed by atoms with Gasteiger partial charge in [-0.1, -0.05) is 36.4 Å². The molecule has 0 aromatic heterocycles. The summed E-state index contributed by atoms with van der Waals surface area (Å²) in [5, 5.41) is 0. The molecule has 2 aromatic carbocycles. The minimum absolute atomic E-state index is 0.0524. The van der Waals surface area contributed by atoms with Gasteiger partial charge < -0.3 is 14.5 Å². The molecule has 1 aliphatic rings. The number of anilines is 1. The summed E-state index contributed by atoms with van der Waals surface area (Å²) in [5.41, 5.74) is 2.00. The number of hydrogen-bond acceptors (Lipinski definition) is 4. The molecule has 146 valence electrons. The summed E-state index contributed by atoms with van der Waals surface area (Å²) in [6.07, 6.45) is 0.430. The van der Waals surface area contributed by atoms with Crippen LogP contribution in [0.5, 0.6) is 0 Å². The largest absolute Gasteiger partial charge is 0.449 e. The van der Waals surface area contributed by atoms with Crippen LogP contribution in [0.15, 0.2) is 54.6 Å². The van der Waals surface area contributed by atoms with Gasteiger partial charge in [0.25, 0.3) is 5.91 Å². The molecular weight excluding hydrogens is 356 g/mol. The van der Waals surface area contributed by atoms with Crippen molar-refractivity contribution in [1.82, 2.24) is 4.90 Å². The maximum absolute atomic E-state index is 12.5. The van der Waals surface area contributed by atoms with E-state index in [1.807, 2.05) is 30.3 Å². The molecule has 6 nitrogen and oxygen atoms in total. The zero-order valence-electron chi connectivity index (χ0n) is 16.1. The number of nitrogens with zero attached hydrogens (tertiary/aromatic N) is 2. The summed E-state index contributed by atoms with van der Waals surface area (Å²) in [6, 6.07) is 16.4. The summed E-state index contributed by atoms with van der Waals surface area (Å²) < 4.78 is 5.37. The van der Waals surface area contributed by atoms with Gasteiger partial charge in [0.05, 0.1) is 5.56 Å². The van der Waals surface area contributed by atoms with Crippen molar-refractivity contribution >= 4 is 23.5 Å². The Balaban J connectivity index is 1.62. The Labute approximate surface area is 164 Å². The summed E-state index contributed by atoms with van der Waals surface area (Å²) in [5.74, 6) is -0.804. The molecule has 0 radical (unpaired) electrons. The van der Waals surface area contributed by atoms with Gasteiger partial charge in [0, 0.05) is 32.2 Å². The lowest BCUT2D eigenvalue weighted by Crippen LogP contribution is -2.37. The van der Waals surface area contributed by atoms with Crippen molar-refractivity contribution in [2.45, 2.75) is 32.4 Å². The molecule has 0 N–H and O–H groups in total. The number of carbonyl (C=O) groups is 3. The van der Waals surface area contributed by atoms with Crippen LogP contribution in [0.3, 0.4) is 0 Å². The lowest BCUT2D eigenvalue weighted by molar-refractivity contribution is -0.139. The average Bonchev–Trinajstić information content (AvgIpc) is 3.14. The Morgan fingerprint density at radius 1 is 1.14 bits per heavy atom. The number of esters is 1. The smallest absolute Gasteiger partial charge is 0.338 e. The van der Waals surface area contributed by atoms with Crippen LogP contribution >= 0.6 is 0 Å². The highest BCUT2D eigenvalue weighted by Gasteiger charge is 2.25. The van der Waals surface area contributed by atoms with E-state index in [1.165, 1.54) is 4.90 Å². The second kappa shape index (κ2) is 8.69. The lowest BCUT2D eigenvalue weighted by Gasteiger charge is -2.22. The van der Waals surface area contributed by atoms with Crippen LogP contribution < -0.4 is 4.90 Å². The third kappa shape index (κ3) is 4.57. The molecule has 6 heteroatoms. The highest BCUT2D eigenvalue weighted by Crippen LogP contribution is 2.22. The Bertz CT molecular complexity index is 866. The van der Waals surface area contributed by atoms with Crippen LogP contribution in [0.4, 0.5) is 5.69 Å². The number of carbonyl (C=O) groups excluding carboxylic acids is 3. The summed E-state index contributed by atoms with van der Waals surface area (Å²) in [7, 11) is 1.68. The third-order valence-corrected chi connectivity index (χ3v) is 4.74. The van der Waals surface area contributed by atoms with Gasteiger partial charge in [0.2, 0.25) is 5.91 Å². The zero-order valence-corrected chi connectivity index (χ0v) is 16.1. The summed E-state index contributed by atoms with van der Waals surface area (Å²) in [6.45, 7) is 2.65. The first-order valence-electron chi connectivity index (χ1n) is 9.36. The SMILES string of the molecule is C[C@@H](OC(=O)c1cccc(N2CCCC2=O)c1)C(=O)N(C)Cc1ccccc1. The van der Waals surface area contributed by atoms with Crippen molar-refractivity contribution < 1.29 is 19.1 Å². The van der Waals surface area contributed by atoms with Crippen LogP contribution in [0.25, 0.3) is 0 Å². The minimum atomic E-state index is -0.904. The van der Waals surface area contributed by atoms with E-state index in [9.17, 15) is 14.4 Å². The van der Waals surface area contributed by atoms with Crippen molar-refractivity contribution in [3.8, 4) is 0 Å². The number of amides is 2. The molecule has 0 bridgehead atoms. The van der Waals surface area contributed by atoms with Crippen LogP contribution in [0, 0.1) is 0 Å². The second-order valence-corrected chi connectivity index (χ2v) is 6.93. The van der Waals surface area contributed by atoms with Crippen LogP contribution in [-0.4, -0.2) is 42.4 Å². The van der Waals surface area contributed by atoms with Gasteiger partial charge in [-0.2, -0.15) is 0 Å². The Kier molecular flexibility index (Phi) is 6.09. The Morgan fingerprint density at radius 2 is 1.89 bits per heavy atom. The Morgan fingerprint density at radius 3 is 2.57 bits per heavy atom. The molecule has 1 aliphatic heterocycles. The monoisotopic (exact) mass is 380 g/mol. The molecular formula is C22H24N2O4. The van der Waals surface area contributed by atoms with E-state index in [0.29, 0.717) is 30.8 Å². The number of benzene rings is 2. The molecule has 0 unspecified atom stereocenters. The molecule has 1 heterocycles. The van der Waals surface area contributed by atoms with E-state index in [2.05, 4.69) is 0 Å². The first kappa shape index (κ1) is 19.6. The molecule has 1 fully saturated rings. The predicted octanol–water partition coefficient (Wildman–Crippen LogP) is 3.02. The number of likely N-dealkylation sites (N-methyl/N-ethyl adjacent to an activating group) is 1. The van der Waals surface area contributed by atoms with Gasteiger partial charge in [-0.3, -0.25) is 9.59 Å². The zero-order chi connectivity index (χ0) is 20.1. The minimum Gasteiger partial charge on any atom is -0.449 e. The fourth-order valence-corrected chi connectivity index (χ4v) is 3.25. The standard InChI is InChI=1S/C22H24N2O4/c1-16(21(26)23(2)15-17-8-4-3-5-9-17)28-22(27)18-10-6-11-19(14-18)24-13-7-12-20(24)25/h3-6,8-11,14,16H,7,12-13,15H2,1-2H3/t16-/m1/s1. The van der Waals surface area contributed by atoms with E-state index >= 15 is 0 Å². The Hall–Kier alpha value is -3.15. The number of hydrogen-bond donors (Lipinski definition) is 0. The number of ether oxygens (including phenoxy) is 1. The summed E-state index contributed by atoms with van der Waals surface area (Å²) in [4.78, 5) is 40.1. The fraction of sp³-hybridized carbons (Fsp3) is 0.318. The summed E-state index contributed by atoms with van der Waals surface area (Å²) >= 11 is 0. The van der Waals surface area contributed by atoms with Gasteiger partial charge >= 0.3 is 5.97 Å². The fourth-order valence-electron chi connectivity index (χ4n) is 3.25. The lowest BCUT2D eigenvalue weighted by atomic mass is 10.2. The van der Waals surface area contributed by atoms with Crippen molar-refractivity contribution in [2.24, 2.45) is 0 Å². The first-order valence-corrected chi connectivity index (χ1v) is 9.36. The van der Waals surface area contributed by atoms with Gasteiger partial charge in [-0.25, -0.2) is 4.79 Å². The highest BCUT2D eigenvalue weighted by molar-refractivity contribution is 5.98. The van der Waals surface area contributed by atoms with E-state index < -0.39 is 12.1 Å². The molecule has 1 saturated heterocycles. The quantitative estimate of drug-likeness (QED) is 0.723. The topological polar surface area (TPSA) is 66.9 Å². The average molecular weight is 380 g/mol. The van der Waals surface area contributed by atoms with Crippen LogP contribution in [0.1, 0.15) is 35.7 Å². The van der Waals surface area contributed by atoms with E-state index in [-0.39, 0.29) is 11.8 Å². The number of rotatable bonds is 6. The van der Waals surface area contributed by atoms with E-state index in [4.69, 9.17) is 4.74 Å². The van der Waals surface area contributed by atoms with Crippen molar-refractivity contribution in [3.05, 3.63) is 65.7 Å². The van der Waals surface area contributed by atoms with Gasteiger partial charge in [0.15, 0.2) is 6.10 Å². The van der Waals surface area contributed by atoms with E-state index in [0.717, 1.165) is 12.0 Å². The van der Waals surface area contributed by atoms with Crippen LogP contribution in [0.2, 0.25) is 0 Å². The molecule has 28 heavy (non-hydrogen) atoms.